The lowest BCUT2D eigenvalue weighted by atomic mass is 10.1. The van der Waals surface area contributed by atoms with Gasteiger partial charge in [0.1, 0.15) is 10.7 Å². The van der Waals surface area contributed by atoms with Gasteiger partial charge >= 0.3 is 0 Å². The van der Waals surface area contributed by atoms with Gasteiger partial charge in [-0.25, -0.2) is 17.5 Å². The van der Waals surface area contributed by atoms with Gasteiger partial charge in [0.15, 0.2) is 0 Å². The predicted molar refractivity (Wildman–Crippen MR) is 79.4 cm³/mol. The first-order valence-electron chi connectivity index (χ1n) is 6.15. The normalized spacial score (nSPS) is 18.8. The highest BCUT2D eigenvalue weighted by molar-refractivity contribution is 7.89. The summed E-state index contributed by atoms with van der Waals surface area (Å²) in [6.45, 7) is 2.16. The van der Waals surface area contributed by atoms with Crippen LogP contribution in [0.1, 0.15) is 12.8 Å². The lowest BCUT2D eigenvalue weighted by Crippen LogP contribution is -2.27. The summed E-state index contributed by atoms with van der Waals surface area (Å²) in [6, 6.07) is 3.82. The molecule has 2 N–H and O–H groups in total. The largest absolute Gasteiger partial charge is 0.316 e. The molecule has 1 atom stereocenters. The number of rotatable bonds is 5. The second kappa shape index (κ2) is 7.56. The molecule has 2 rings (SSSR count). The minimum Gasteiger partial charge on any atom is -0.316 e. The molecule has 1 fully saturated rings. The van der Waals surface area contributed by atoms with E-state index in [-0.39, 0.29) is 17.4 Å². The summed E-state index contributed by atoms with van der Waals surface area (Å²) in [5.74, 6) is -0.360. The van der Waals surface area contributed by atoms with Crippen molar-refractivity contribution in [3.8, 4) is 0 Å². The van der Waals surface area contributed by atoms with Crippen LogP contribution in [0.15, 0.2) is 23.1 Å². The zero-order valence-corrected chi connectivity index (χ0v) is 13.1. The van der Waals surface area contributed by atoms with Crippen LogP contribution in [0.2, 0.25) is 5.02 Å². The van der Waals surface area contributed by atoms with Gasteiger partial charge in [-0.3, -0.25) is 0 Å². The molecule has 114 valence electrons. The molecule has 0 amide bonds. The van der Waals surface area contributed by atoms with Crippen LogP contribution < -0.4 is 10.0 Å². The number of halogens is 3. The lowest BCUT2D eigenvalue weighted by molar-refractivity contribution is 0.515. The van der Waals surface area contributed by atoms with Crippen LogP contribution in [0.25, 0.3) is 0 Å². The number of benzene rings is 1. The third-order valence-electron chi connectivity index (χ3n) is 3.19. The van der Waals surface area contributed by atoms with Gasteiger partial charge in [0.05, 0.1) is 5.02 Å². The van der Waals surface area contributed by atoms with Crippen molar-refractivity contribution < 1.29 is 12.8 Å². The number of sulfonamides is 1. The van der Waals surface area contributed by atoms with Crippen LogP contribution in [-0.2, 0) is 10.0 Å². The molecule has 1 unspecified atom stereocenters. The molecule has 0 bridgehead atoms. The predicted octanol–water partition coefficient (Wildman–Crippen LogP) is 2.18. The summed E-state index contributed by atoms with van der Waals surface area (Å²) in [4.78, 5) is -0.471. The summed E-state index contributed by atoms with van der Waals surface area (Å²) >= 11 is 5.75. The molecule has 0 saturated carbocycles. The average molecular weight is 343 g/mol. The Balaban J connectivity index is 0.00000200. The van der Waals surface area contributed by atoms with E-state index in [1.807, 2.05) is 0 Å². The Bertz CT molecular complexity index is 528. The minimum atomic E-state index is -3.89. The molecule has 8 heteroatoms. The average Bonchev–Trinajstić information content (AvgIpc) is 2.81. The molecular weight excluding hydrogens is 326 g/mol. The van der Waals surface area contributed by atoms with Crippen molar-refractivity contribution in [2.45, 2.75) is 17.7 Å². The van der Waals surface area contributed by atoms with E-state index in [1.165, 1.54) is 12.1 Å². The van der Waals surface area contributed by atoms with E-state index in [4.69, 9.17) is 11.6 Å². The third kappa shape index (κ3) is 4.30. The second-order valence-electron chi connectivity index (χ2n) is 4.60. The number of nitrogens with one attached hydrogen (secondary N) is 2. The molecule has 1 heterocycles. The van der Waals surface area contributed by atoms with Crippen molar-refractivity contribution in [2.75, 3.05) is 19.6 Å². The van der Waals surface area contributed by atoms with Crippen LogP contribution in [0.4, 0.5) is 4.39 Å². The highest BCUT2D eigenvalue weighted by atomic mass is 35.5. The molecule has 1 aromatic rings. The summed E-state index contributed by atoms with van der Waals surface area (Å²) in [5.41, 5.74) is 0. The van der Waals surface area contributed by atoms with Crippen molar-refractivity contribution in [1.82, 2.24) is 10.0 Å². The monoisotopic (exact) mass is 342 g/mol. The van der Waals surface area contributed by atoms with Crippen LogP contribution in [0.5, 0.6) is 0 Å². The smallest absolute Gasteiger partial charge is 0.244 e. The van der Waals surface area contributed by atoms with E-state index in [0.717, 1.165) is 32.0 Å². The molecule has 20 heavy (non-hydrogen) atoms. The van der Waals surface area contributed by atoms with Gasteiger partial charge in [-0.05, 0) is 44.0 Å². The Labute approximate surface area is 129 Å². The Hall–Kier alpha value is -0.400. The first kappa shape index (κ1) is 17.7. The maximum absolute atomic E-state index is 13.6. The summed E-state index contributed by atoms with van der Waals surface area (Å²) < 4.78 is 40.0. The molecule has 1 aliphatic rings. The van der Waals surface area contributed by atoms with Gasteiger partial charge in [-0.15, -0.1) is 12.4 Å². The maximum atomic E-state index is 13.6. The lowest BCUT2D eigenvalue weighted by Gasteiger charge is -2.11. The standard InChI is InChI=1S/C12H16ClFN2O2S.ClH/c13-10-2-1-3-11(14)12(10)19(17,18)16-7-5-9-4-6-15-8-9;/h1-3,9,15-16H,4-8H2;1H. The SMILES string of the molecule is Cl.O=S(=O)(NCCC1CCNC1)c1c(F)cccc1Cl. The quantitative estimate of drug-likeness (QED) is 0.862. The first-order chi connectivity index (χ1) is 9.00. The van der Waals surface area contributed by atoms with Crippen LogP contribution in [0, 0.1) is 11.7 Å². The third-order valence-corrected chi connectivity index (χ3v) is 5.16. The van der Waals surface area contributed by atoms with Crippen LogP contribution in [0.3, 0.4) is 0 Å². The van der Waals surface area contributed by atoms with E-state index in [0.29, 0.717) is 12.5 Å². The Morgan fingerprint density at radius 3 is 2.80 bits per heavy atom. The molecular formula is C12H17Cl2FN2O2S. The van der Waals surface area contributed by atoms with Crippen molar-refractivity contribution >= 4 is 34.0 Å². The van der Waals surface area contributed by atoms with Gasteiger partial charge in [0.25, 0.3) is 0 Å². The summed E-state index contributed by atoms with van der Waals surface area (Å²) in [6.07, 6.45) is 1.78. The Kier molecular flexibility index (Phi) is 6.68. The number of hydrogen-bond acceptors (Lipinski definition) is 3. The highest BCUT2D eigenvalue weighted by Gasteiger charge is 2.23. The van der Waals surface area contributed by atoms with Gasteiger partial charge < -0.3 is 5.32 Å². The van der Waals surface area contributed by atoms with Gasteiger partial charge in [-0.1, -0.05) is 17.7 Å². The van der Waals surface area contributed by atoms with E-state index in [1.54, 1.807) is 0 Å². The Morgan fingerprint density at radius 2 is 2.20 bits per heavy atom. The summed E-state index contributed by atoms with van der Waals surface area (Å²) in [5, 5.41) is 3.11. The van der Waals surface area contributed by atoms with Crippen molar-refractivity contribution in [2.24, 2.45) is 5.92 Å². The van der Waals surface area contributed by atoms with Crippen molar-refractivity contribution in [3.05, 3.63) is 29.0 Å². The van der Waals surface area contributed by atoms with E-state index in [2.05, 4.69) is 10.0 Å². The second-order valence-corrected chi connectivity index (χ2v) is 6.71. The fourth-order valence-corrected chi connectivity index (χ4v) is 3.82. The van der Waals surface area contributed by atoms with Crippen molar-refractivity contribution in [3.63, 3.8) is 0 Å². The topological polar surface area (TPSA) is 58.2 Å². The highest BCUT2D eigenvalue weighted by Crippen LogP contribution is 2.24. The maximum Gasteiger partial charge on any atom is 0.244 e. The molecule has 1 aromatic carbocycles. The molecule has 0 radical (unpaired) electrons. The number of hydrogen-bond donors (Lipinski definition) is 2. The van der Waals surface area contributed by atoms with E-state index < -0.39 is 20.7 Å². The minimum absolute atomic E-state index is 0. The first-order valence-corrected chi connectivity index (χ1v) is 8.01. The fraction of sp³-hybridized carbons (Fsp3) is 0.500. The van der Waals surface area contributed by atoms with Gasteiger partial charge in [0.2, 0.25) is 10.0 Å². The van der Waals surface area contributed by atoms with Gasteiger partial charge in [0, 0.05) is 6.54 Å². The van der Waals surface area contributed by atoms with E-state index >= 15 is 0 Å². The van der Waals surface area contributed by atoms with Crippen LogP contribution >= 0.6 is 24.0 Å². The molecule has 1 aliphatic heterocycles. The molecule has 0 aliphatic carbocycles. The fourth-order valence-electron chi connectivity index (χ4n) is 2.17. The molecule has 0 spiro atoms. The van der Waals surface area contributed by atoms with E-state index in [9.17, 15) is 12.8 Å². The zero-order valence-electron chi connectivity index (χ0n) is 10.7. The molecule has 0 aromatic heterocycles. The Morgan fingerprint density at radius 1 is 1.45 bits per heavy atom. The van der Waals surface area contributed by atoms with Gasteiger partial charge in [-0.2, -0.15) is 0 Å². The van der Waals surface area contributed by atoms with Crippen LogP contribution in [-0.4, -0.2) is 28.1 Å². The molecule has 4 nitrogen and oxygen atoms in total. The van der Waals surface area contributed by atoms with Crippen molar-refractivity contribution in [1.29, 1.82) is 0 Å². The summed E-state index contributed by atoms with van der Waals surface area (Å²) in [7, 11) is -3.89. The molecule has 1 saturated heterocycles. The zero-order chi connectivity index (χ0) is 13.9.